The van der Waals surface area contributed by atoms with Gasteiger partial charge in [-0.1, -0.05) is 30.3 Å². The summed E-state index contributed by atoms with van der Waals surface area (Å²) in [6.45, 7) is 1.96. The lowest BCUT2D eigenvalue weighted by Gasteiger charge is -2.14. The number of fused-ring (bicyclic) bond motifs is 3. The van der Waals surface area contributed by atoms with Crippen molar-refractivity contribution in [2.24, 2.45) is 0 Å². The Morgan fingerprint density at radius 2 is 2.05 bits per heavy atom. The Labute approximate surface area is 123 Å². The van der Waals surface area contributed by atoms with Crippen molar-refractivity contribution in [1.29, 1.82) is 0 Å². The molecule has 0 spiro atoms. The maximum absolute atomic E-state index is 5.85. The van der Waals surface area contributed by atoms with Crippen LogP contribution in [0.4, 0.5) is 0 Å². The quantitative estimate of drug-likeness (QED) is 0.636. The third-order valence-electron chi connectivity index (χ3n) is 3.97. The van der Waals surface area contributed by atoms with Gasteiger partial charge in [-0.25, -0.2) is 0 Å². The van der Waals surface area contributed by atoms with E-state index in [2.05, 4.69) is 35.3 Å². The normalized spacial score (nSPS) is 16.3. The zero-order valence-electron chi connectivity index (χ0n) is 12.0. The third kappa shape index (κ3) is 2.15. The van der Waals surface area contributed by atoms with Crippen LogP contribution < -0.4 is 4.57 Å². The SMILES string of the molecule is Cc1cc2ncc3c([n+]2o1)C(=Cc1ccccc1)CCC3. The highest BCUT2D eigenvalue weighted by Gasteiger charge is 2.26. The topological polar surface area (TPSA) is 30.1 Å². The molecule has 0 N–H and O–H groups in total. The summed E-state index contributed by atoms with van der Waals surface area (Å²) in [5, 5.41) is 0. The molecular formula is C18H17N2O+. The molecular weight excluding hydrogens is 260 g/mol. The van der Waals surface area contributed by atoms with Crippen LogP contribution in [0.2, 0.25) is 0 Å². The molecule has 0 bridgehead atoms. The number of nitrogens with zero attached hydrogens (tertiary/aromatic N) is 2. The van der Waals surface area contributed by atoms with Gasteiger partial charge in [0.2, 0.25) is 0 Å². The summed E-state index contributed by atoms with van der Waals surface area (Å²) in [4.78, 5) is 4.50. The minimum atomic E-state index is 0.882. The number of aryl methyl sites for hydroxylation is 2. The second kappa shape index (κ2) is 4.85. The number of aromatic nitrogens is 2. The first-order valence-corrected chi connectivity index (χ1v) is 7.38. The average molecular weight is 277 g/mol. The van der Waals surface area contributed by atoms with Gasteiger partial charge in [-0.3, -0.25) is 0 Å². The molecule has 2 heterocycles. The van der Waals surface area contributed by atoms with Gasteiger partial charge in [0.05, 0.1) is 6.07 Å². The van der Waals surface area contributed by atoms with Crippen molar-refractivity contribution < 1.29 is 9.10 Å². The van der Waals surface area contributed by atoms with E-state index in [1.807, 2.05) is 29.8 Å². The largest absolute Gasteiger partial charge is 0.366 e. The Kier molecular flexibility index (Phi) is 2.85. The van der Waals surface area contributed by atoms with Gasteiger partial charge in [0, 0.05) is 11.1 Å². The van der Waals surface area contributed by atoms with E-state index in [0.717, 1.165) is 24.2 Å². The first-order valence-electron chi connectivity index (χ1n) is 7.38. The van der Waals surface area contributed by atoms with Gasteiger partial charge in [0.15, 0.2) is 11.5 Å². The van der Waals surface area contributed by atoms with Gasteiger partial charge < -0.3 is 4.52 Å². The molecule has 0 saturated heterocycles. The summed E-state index contributed by atoms with van der Waals surface area (Å²) >= 11 is 0. The van der Waals surface area contributed by atoms with Crippen LogP contribution in [0, 0.1) is 6.92 Å². The van der Waals surface area contributed by atoms with Crippen LogP contribution in [0.15, 0.2) is 47.1 Å². The fourth-order valence-electron chi connectivity index (χ4n) is 3.04. The fraction of sp³-hybridized carbons (Fsp3) is 0.222. The summed E-state index contributed by atoms with van der Waals surface area (Å²) < 4.78 is 7.74. The van der Waals surface area contributed by atoms with Gasteiger partial charge in [0.1, 0.15) is 6.20 Å². The maximum atomic E-state index is 5.85. The molecule has 0 saturated carbocycles. The predicted octanol–water partition coefficient (Wildman–Crippen LogP) is 3.60. The predicted molar refractivity (Wildman–Crippen MR) is 81.7 cm³/mol. The van der Waals surface area contributed by atoms with Crippen LogP contribution in [0.25, 0.3) is 17.3 Å². The second-order valence-electron chi connectivity index (χ2n) is 5.56. The molecule has 2 aromatic heterocycles. The van der Waals surface area contributed by atoms with E-state index >= 15 is 0 Å². The van der Waals surface area contributed by atoms with Gasteiger partial charge in [-0.2, -0.15) is 0 Å². The summed E-state index contributed by atoms with van der Waals surface area (Å²) in [5.41, 5.74) is 5.90. The van der Waals surface area contributed by atoms with Crippen molar-refractivity contribution in [2.45, 2.75) is 26.2 Å². The molecule has 0 radical (unpaired) electrons. The molecule has 1 aliphatic rings. The molecule has 0 atom stereocenters. The van der Waals surface area contributed by atoms with Crippen molar-refractivity contribution in [1.82, 2.24) is 4.98 Å². The van der Waals surface area contributed by atoms with Gasteiger partial charge in [0.25, 0.3) is 0 Å². The number of allylic oxidation sites excluding steroid dienone is 1. The fourth-order valence-corrected chi connectivity index (χ4v) is 3.04. The zero-order valence-corrected chi connectivity index (χ0v) is 12.0. The Hall–Kier alpha value is -2.42. The van der Waals surface area contributed by atoms with Crippen LogP contribution in [-0.4, -0.2) is 4.98 Å². The molecule has 104 valence electrons. The minimum Gasteiger partial charge on any atom is -0.300 e. The Morgan fingerprint density at radius 3 is 2.90 bits per heavy atom. The number of benzene rings is 1. The van der Waals surface area contributed by atoms with Crippen LogP contribution in [0.3, 0.4) is 0 Å². The first-order chi connectivity index (χ1) is 10.3. The summed E-state index contributed by atoms with van der Waals surface area (Å²) in [5.74, 6) is 0.889. The highest BCUT2D eigenvalue weighted by Crippen LogP contribution is 2.30. The minimum absolute atomic E-state index is 0.882. The van der Waals surface area contributed by atoms with Gasteiger partial charge in [-0.05, 0) is 47.4 Å². The second-order valence-corrected chi connectivity index (χ2v) is 5.56. The molecule has 3 aromatic rings. The lowest BCUT2D eigenvalue weighted by molar-refractivity contribution is -0.722. The highest BCUT2D eigenvalue weighted by atomic mass is 16.5. The molecule has 1 aliphatic carbocycles. The van der Waals surface area contributed by atoms with Crippen LogP contribution >= 0.6 is 0 Å². The molecule has 0 aliphatic heterocycles. The Balaban J connectivity index is 1.94. The third-order valence-corrected chi connectivity index (χ3v) is 3.97. The Bertz CT molecular complexity index is 831. The van der Waals surface area contributed by atoms with E-state index in [0.29, 0.717) is 0 Å². The van der Waals surface area contributed by atoms with E-state index in [-0.39, 0.29) is 0 Å². The number of hydrogen-bond acceptors (Lipinski definition) is 2. The highest BCUT2D eigenvalue weighted by molar-refractivity contribution is 5.81. The van der Waals surface area contributed by atoms with E-state index in [4.69, 9.17) is 4.52 Å². The molecule has 4 rings (SSSR count). The van der Waals surface area contributed by atoms with E-state index in [9.17, 15) is 0 Å². The van der Waals surface area contributed by atoms with Crippen molar-refractivity contribution >= 4 is 17.3 Å². The number of rotatable bonds is 1. The van der Waals surface area contributed by atoms with E-state index in [1.54, 1.807) is 0 Å². The van der Waals surface area contributed by atoms with Crippen molar-refractivity contribution in [3.05, 3.63) is 65.2 Å². The summed E-state index contributed by atoms with van der Waals surface area (Å²) in [6, 6.07) is 12.4. The van der Waals surface area contributed by atoms with Gasteiger partial charge >= 0.3 is 5.65 Å². The van der Waals surface area contributed by atoms with Crippen molar-refractivity contribution in [2.75, 3.05) is 0 Å². The average Bonchev–Trinajstić information content (AvgIpc) is 2.89. The summed E-state index contributed by atoms with van der Waals surface area (Å²) in [7, 11) is 0. The molecule has 3 heteroatoms. The molecule has 1 aromatic carbocycles. The zero-order chi connectivity index (χ0) is 14.2. The van der Waals surface area contributed by atoms with Crippen molar-refractivity contribution in [3.63, 3.8) is 0 Å². The smallest absolute Gasteiger partial charge is 0.300 e. The van der Waals surface area contributed by atoms with Crippen molar-refractivity contribution in [3.8, 4) is 0 Å². The summed E-state index contributed by atoms with van der Waals surface area (Å²) in [6.07, 6.45) is 7.57. The van der Waals surface area contributed by atoms with Crippen LogP contribution in [0.1, 0.15) is 35.4 Å². The van der Waals surface area contributed by atoms with Crippen LogP contribution in [0.5, 0.6) is 0 Å². The molecule has 0 unspecified atom stereocenters. The van der Waals surface area contributed by atoms with E-state index < -0.39 is 0 Å². The van der Waals surface area contributed by atoms with Crippen LogP contribution in [-0.2, 0) is 6.42 Å². The molecule has 3 nitrogen and oxygen atoms in total. The maximum Gasteiger partial charge on any atom is 0.366 e. The molecule has 0 fully saturated rings. The monoisotopic (exact) mass is 277 g/mol. The standard InChI is InChI=1S/C18H17N2O/c1-13-10-17-19-12-16-9-5-8-15(18(16)20(17)21-13)11-14-6-3-2-4-7-14/h2-4,6-7,10-12H,5,8-9H2,1H3/q+1. The lowest BCUT2D eigenvalue weighted by atomic mass is 9.91. The number of hydrogen-bond donors (Lipinski definition) is 0. The lowest BCUT2D eigenvalue weighted by Crippen LogP contribution is -2.29. The first kappa shape index (κ1) is 12.3. The Morgan fingerprint density at radius 1 is 1.19 bits per heavy atom. The molecule has 21 heavy (non-hydrogen) atoms. The molecule has 0 amide bonds. The van der Waals surface area contributed by atoms with Gasteiger partial charge in [-0.15, -0.1) is 0 Å². The van der Waals surface area contributed by atoms with E-state index in [1.165, 1.54) is 28.8 Å².